The fourth-order valence-corrected chi connectivity index (χ4v) is 11.4. The standard InChI is InChI=1S/C52H54BN3/c1-33-29-40-39(32-55-33)52(34-17-12-10-13-18-34,35-19-14-11-15-20-35)47-46-43(23-28-54-47)56(42-22-16-21-36-45(42)51(8,9)27-26-48(36,2)3)44-31-38-37(30-41(44)53(40)46)49(4,5)24-25-50(38,6)7/h10-23,28-32H,24-27H2,1-9H3. The molecule has 4 aromatic carbocycles. The summed E-state index contributed by atoms with van der Waals surface area (Å²) in [4.78, 5) is 13.3. The van der Waals surface area contributed by atoms with Gasteiger partial charge in [0.05, 0.1) is 16.8 Å². The summed E-state index contributed by atoms with van der Waals surface area (Å²) < 4.78 is 0. The number of anilines is 3. The van der Waals surface area contributed by atoms with Gasteiger partial charge in [-0.2, -0.15) is 0 Å². The SMILES string of the molecule is Cc1cc2c(cn1)C(c1ccccc1)(c1ccccc1)c1nccc3c1B2c1cc2c(cc1N3c1cccc3c1C(C)(C)CCC3(C)C)C(C)(C)CCC2(C)C. The quantitative estimate of drug-likeness (QED) is 0.170. The van der Waals surface area contributed by atoms with Crippen LogP contribution in [-0.2, 0) is 27.1 Å². The molecule has 0 fully saturated rings. The first-order valence-electron chi connectivity index (χ1n) is 20.9. The second-order valence-electron chi connectivity index (χ2n) is 19.9. The Hall–Kier alpha value is -4.96. The summed E-state index contributed by atoms with van der Waals surface area (Å²) in [5.74, 6) is 0. The van der Waals surface area contributed by atoms with Gasteiger partial charge in [0, 0.05) is 29.5 Å². The van der Waals surface area contributed by atoms with E-state index in [1.54, 1.807) is 0 Å². The predicted octanol–water partition coefficient (Wildman–Crippen LogP) is 10.5. The van der Waals surface area contributed by atoms with E-state index in [0.29, 0.717) is 0 Å². The molecule has 0 amide bonds. The lowest BCUT2D eigenvalue weighted by Crippen LogP contribution is -2.66. The first-order valence-corrected chi connectivity index (χ1v) is 20.9. The van der Waals surface area contributed by atoms with Crippen LogP contribution in [0.25, 0.3) is 0 Å². The van der Waals surface area contributed by atoms with E-state index in [-0.39, 0.29) is 28.4 Å². The molecule has 4 heteroatoms. The lowest BCUT2D eigenvalue weighted by molar-refractivity contribution is 0.332. The lowest BCUT2D eigenvalue weighted by atomic mass is 9.29. The molecule has 10 rings (SSSR count). The van der Waals surface area contributed by atoms with Gasteiger partial charge in [-0.1, -0.05) is 140 Å². The predicted molar refractivity (Wildman–Crippen MR) is 235 cm³/mol. The van der Waals surface area contributed by atoms with Crippen LogP contribution >= 0.6 is 0 Å². The summed E-state index contributed by atoms with van der Waals surface area (Å²) in [6.07, 6.45) is 8.94. The van der Waals surface area contributed by atoms with Gasteiger partial charge in [-0.3, -0.25) is 9.97 Å². The van der Waals surface area contributed by atoms with Crippen molar-refractivity contribution in [2.45, 2.75) is 115 Å². The summed E-state index contributed by atoms with van der Waals surface area (Å²) in [5.41, 5.74) is 19.2. The Kier molecular flexibility index (Phi) is 7.47. The minimum absolute atomic E-state index is 0.00710. The third kappa shape index (κ3) is 4.77. The minimum Gasteiger partial charge on any atom is -0.311 e. The van der Waals surface area contributed by atoms with E-state index in [1.807, 2.05) is 0 Å². The van der Waals surface area contributed by atoms with Crippen molar-refractivity contribution in [1.82, 2.24) is 9.97 Å². The van der Waals surface area contributed by atoms with Crippen LogP contribution in [0.2, 0.25) is 0 Å². The van der Waals surface area contributed by atoms with Crippen molar-refractivity contribution in [2.75, 3.05) is 4.90 Å². The van der Waals surface area contributed by atoms with E-state index < -0.39 is 5.41 Å². The van der Waals surface area contributed by atoms with Crippen molar-refractivity contribution in [3.8, 4) is 0 Å². The molecule has 0 N–H and O–H groups in total. The highest BCUT2D eigenvalue weighted by Gasteiger charge is 2.54. The number of hydrogen-bond acceptors (Lipinski definition) is 3. The Balaban J connectivity index is 1.40. The summed E-state index contributed by atoms with van der Waals surface area (Å²) in [6, 6.07) is 39.3. The number of aromatic nitrogens is 2. The van der Waals surface area contributed by atoms with Gasteiger partial charge in [0.1, 0.15) is 0 Å². The monoisotopic (exact) mass is 731 g/mol. The van der Waals surface area contributed by atoms with Gasteiger partial charge in [0.15, 0.2) is 0 Å². The maximum atomic E-state index is 5.56. The van der Waals surface area contributed by atoms with E-state index in [4.69, 9.17) is 9.97 Å². The van der Waals surface area contributed by atoms with Gasteiger partial charge < -0.3 is 4.90 Å². The molecule has 0 saturated heterocycles. The number of hydrogen-bond donors (Lipinski definition) is 0. The van der Waals surface area contributed by atoms with Gasteiger partial charge in [-0.25, -0.2) is 0 Å². The Morgan fingerprint density at radius 3 is 1.75 bits per heavy atom. The number of pyridine rings is 2. The number of aryl methyl sites for hydroxylation is 1. The van der Waals surface area contributed by atoms with E-state index in [2.05, 4.69) is 183 Å². The zero-order valence-corrected chi connectivity index (χ0v) is 34.7. The minimum atomic E-state index is -0.670. The van der Waals surface area contributed by atoms with Gasteiger partial charge in [0.25, 0.3) is 0 Å². The van der Waals surface area contributed by atoms with Crippen LogP contribution in [0, 0.1) is 6.92 Å². The first kappa shape index (κ1) is 35.5. The van der Waals surface area contributed by atoms with E-state index >= 15 is 0 Å². The maximum Gasteiger partial charge on any atom is 0.249 e. The molecule has 3 nitrogen and oxygen atoms in total. The zero-order valence-electron chi connectivity index (χ0n) is 34.7. The van der Waals surface area contributed by atoms with Gasteiger partial charge in [-0.05, 0) is 128 Å². The molecule has 0 bridgehead atoms. The topological polar surface area (TPSA) is 29.0 Å². The summed E-state index contributed by atoms with van der Waals surface area (Å²) in [6.45, 7) is 21.8. The Bertz CT molecular complexity index is 2520. The molecule has 2 aliphatic heterocycles. The number of benzene rings is 4. The average Bonchev–Trinajstić information content (AvgIpc) is 3.18. The van der Waals surface area contributed by atoms with Gasteiger partial charge in [-0.15, -0.1) is 0 Å². The molecule has 0 unspecified atom stereocenters. The number of rotatable bonds is 3. The molecule has 2 aromatic heterocycles. The largest absolute Gasteiger partial charge is 0.311 e. The van der Waals surface area contributed by atoms with Crippen LogP contribution < -0.4 is 21.3 Å². The Labute approximate surface area is 334 Å². The second kappa shape index (κ2) is 11.8. The molecule has 4 aliphatic rings. The Morgan fingerprint density at radius 1 is 0.518 bits per heavy atom. The second-order valence-corrected chi connectivity index (χ2v) is 19.9. The fourth-order valence-electron chi connectivity index (χ4n) is 11.4. The van der Waals surface area contributed by atoms with Gasteiger partial charge in [0.2, 0.25) is 6.71 Å². The van der Waals surface area contributed by atoms with Crippen LogP contribution in [0.15, 0.2) is 116 Å². The molecule has 6 aromatic rings. The van der Waals surface area contributed by atoms with Gasteiger partial charge >= 0.3 is 0 Å². The van der Waals surface area contributed by atoms with Crippen molar-refractivity contribution in [3.63, 3.8) is 0 Å². The lowest BCUT2D eigenvalue weighted by Gasteiger charge is -2.50. The van der Waals surface area contributed by atoms with Crippen LogP contribution in [0.3, 0.4) is 0 Å². The molecule has 2 aliphatic carbocycles. The maximum absolute atomic E-state index is 5.56. The fraction of sp³-hybridized carbons (Fsp3) is 0.346. The molecule has 0 saturated carbocycles. The van der Waals surface area contributed by atoms with Crippen LogP contribution in [0.5, 0.6) is 0 Å². The highest BCUT2D eigenvalue weighted by Crippen LogP contribution is 2.55. The third-order valence-electron chi connectivity index (χ3n) is 14.7. The van der Waals surface area contributed by atoms with Crippen molar-refractivity contribution in [2.24, 2.45) is 0 Å². The number of fused-ring (bicyclic) bond motifs is 6. The van der Waals surface area contributed by atoms with E-state index in [1.165, 1.54) is 91.7 Å². The van der Waals surface area contributed by atoms with Crippen LogP contribution in [-0.4, -0.2) is 16.7 Å². The summed E-state index contributed by atoms with van der Waals surface area (Å²) >= 11 is 0. The molecular weight excluding hydrogens is 677 g/mol. The molecule has 0 radical (unpaired) electrons. The highest BCUT2D eigenvalue weighted by atomic mass is 15.2. The molecule has 0 atom stereocenters. The summed E-state index contributed by atoms with van der Waals surface area (Å²) in [7, 11) is 0. The van der Waals surface area contributed by atoms with Crippen molar-refractivity contribution < 1.29 is 0 Å². The van der Waals surface area contributed by atoms with E-state index in [9.17, 15) is 0 Å². The molecule has 4 heterocycles. The van der Waals surface area contributed by atoms with E-state index in [0.717, 1.165) is 17.8 Å². The van der Waals surface area contributed by atoms with Crippen molar-refractivity contribution >= 4 is 40.2 Å². The third-order valence-corrected chi connectivity index (χ3v) is 14.7. The van der Waals surface area contributed by atoms with Crippen LogP contribution in [0.4, 0.5) is 17.1 Å². The molecule has 0 spiro atoms. The first-order chi connectivity index (χ1) is 26.7. The smallest absolute Gasteiger partial charge is 0.249 e. The van der Waals surface area contributed by atoms with Crippen LogP contribution in [0.1, 0.15) is 131 Å². The van der Waals surface area contributed by atoms with Crippen molar-refractivity contribution in [3.05, 3.63) is 166 Å². The normalized spacial score (nSPS) is 19.9. The highest BCUT2D eigenvalue weighted by molar-refractivity contribution is 6.99. The number of nitrogens with zero attached hydrogens (tertiary/aromatic N) is 3. The molecule has 280 valence electrons. The van der Waals surface area contributed by atoms with Crippen molar-refractivity contribution in [1.29, 1.82) is 0 Å². The average molecular weight is 732 g/mol. The molecule has 56 heavy (non-hydrogen) atoms. The summed E-state index contributed by atoms with van der Waals surface area (Å²) in [5, 5.41) is 0. The zero-order chi connectivity index (χ0) is 39.0. The Morgan fingerprint density at radius 2 is 1.11 bits per heavy atom. The molecular formula is C52H54BN3.